The highest BCUT2D eigenvalue weighted by molar-refractivity contribution is 6.10. The average Bonchev–Trinajstić information content (AvgIpc) is 3.03. The minimum absolute atomic E-state index is 0.108. The second-order valence-corrected chi connectivity index (χ2v) is 9.93. The second kappa shape index (κ2) is 8.90. The van der Waals surface area contributed by atoms with Gasteiger partial charge < -0.3 is 15.3 Å². The van der Waals surface area contributed by atoms with Crippen molar-refractivity contribution in [3.63, 3.8) is 0 Å². The molecule has 1 amide bonds. The molecule has 1 unspecified atom stereocenters. The van der Waals surface area contributed by atoms with Crippen LogP contribution in [0, 0.1) is 12.7 Å². The zero-order valence-electron chi connectivity index (χ0n) is 21.0. The van der Waals surface area contributed by atoms with Crippen molar-refractivity contribution in [3.05, 3.63) is 58.7 Å². The molecule has 0 bridgehead atoms. The molecule has 3 aromatic rings. The van der Waals surface area contributed by atoms with E-state index >= 15 is 4.39 Å². The van der Waals surface area contributed by atoms with Crippen LogP contribution < -0.4 is 10.2 Å². The lowest BCUT2D eigenvalue weighted by Crippen LogP contribution is -2.42. The number of halogens is 5. The van der Waals surface area contributed by atoms with Gasteiger partial charge >= 0.3 is 5.92 Å². The van der Waals surface area contributed by atoms with Crippen LogP contribution in [0.25, 0.3) is 10.9 Å². The summed E-state index contributed by atoms with van der Waals surface area (Å²) in [6, 6.07) is 5.59. The van der Waals surface area contributed by atoms with Crippen LogP contribution >= 0.6 is 0 Å². The number of alkyl halides is 4. The number of nitrogens with zero attached hydrogens (tertiary/aromatic N) is 3. The normalized spacial score (nSPS) is 16.3. The van der Waals surface area contributed by atoms with Crippen molar-refractivity contribution < 1.29 is 31.9 Å². The van der Waals surface area contributed by atoms with Gasteiger partial charge in [-0.05, 0) is 51.5 Å². The van der Waals surface area contributed by atoms with Crippen LogP contribution in [0.4, 0.5) is 33.5 Å². The molecule has 4 rings (SSSR count). The molecule has 1 aromatic heterocycles. The zero-order chi connectivity index (χ0) is 27.5. The highest BCUT2D eigenvalue weighted by Gasteiger charge is 2.51. The fourth-order valence-corrected chi connectivity index (χ4v) is 4.63. The average molecular weight is 523 g/mol. The van der Waals surface area contributed by atoms with Crippen LogP contribution in [0.2, 0.25) is 0 Å². The predicted molar refractivity (Wildman–Crippen MR) is 130 cm³/mol. The van der Waals surface area contributed by atoms with Crippen molar-refractivity contribution >= 4 is 28.3 Å². The molecule has 1 atom stereocenters. The number of likely N-dealkylation sites (N-methyl/N-ethyl adjacent to an activating group) is 1. The fraction of sp³-hybridized carbons (Fsp3) is 0.423. The van der Waals surface area contributed by atoms with Gasteiger partial charge in [-0.25, -0.2) is 23.1 Å². The minimum Gasteiger partial charge on any atom is -0.384 e. The van der Waals surface area contributed by atoms with E-state index in [1.165, 1.54) is 43.1 Å². The van der Waals surface area contributed by atoms with Crippen LogP contribution in [0.15, 0.2) is 30.3 Å². The largest absolute Gasteiger partial charge is 0.384 e. The summed E-state index contributed by atoms with van der Waals surface area (Å²) >= 11 is 0. The maximum absolute atomic E-state index is 15.3. The summed E-state index contributed by atoms with van der Waals surface area (Å²) in [6.07, 6.45) is 0. The fourth-order valence-electron chi connectivity index (χ4n) is 4.63. The molecule has 0 spiro atoms. The molecule has 0 fully saturated rings. The quantitative estimate of drug-likeness (QED) is 0.414. The van der Waals surface area contributed by atoms with Gasteiger partial charge in [-0.15, -0.1) is 0 Å². The van der Waals surface area contributed by atoms with Gasteiger partial charge in [0.15, 0.2) is 0 Å². The van der Waals surface area contributed by atoms with Gasteiger partial charge in [-0.1, -0.05) is 12.1 Å². The third-order valence-electron chi connectivity index (χ3n) is 6.93. The van der Waals surface area contributed by atoms with Gasteiger partial charge in [0, 0.05) is 23.7 Å². The molecule has 0 saturated carbocycles. The van der Waals surface area contributed by atoms with Crippen molar-refractivity contribution in [2.75, 3.05) is 30.6 Å². The van der Waals surface area contributed by atoms with E-state index in [0.717, 1.165) is 19.9 Å². The van der Waals surface area contributed by atoms with E-state index in [9.17, 15) is 27.5 Å². The summed E-state index contributed by atoms with van der Waals surface area (Å²) in [5.74, 6) is -5.29. The standard InChI is InChI=1S/C26H27F5N4O2/c1-13(15-7-6-8-17(21(15)29)26(30,31)24(3,4)37)32-22-16-9-18-20(10-19(16)33-14(2)34-22)35(5)23(36)25(18,11-27)12-28/h6-10,13,37H,11-12H2,1-5H3,(H,32,33,34). The highest BCUT2D eigenvalue weighted by Crippen LogP contribution is 2.45. The van der Waals surface area contributed by atoms with Crippen LogP contribution in [0.3, 0.4) is 0 Å². The van der Waals surface area contributed by atoms with Gasteiger partial charge in [0.1, 0.15) is 41.8 Å². The Kier molecular flexibility index (Phi) is 6.42. The summed E-state index contributed by atoms with van der Waals surface area (Å²) in [7, 11) is 1.43. The van der Waals surface area contributed by atoms with Gasteiger partial charge in [0.2, 0.25) is 5.91 Å². The molecule has 2 heterocycles. The topological polar surface area (TPSA) is 78.4 Å². The van der Waals surface area contributed by atoms with Crippen LogP contribution in [-0.2, 0) is 16.1 Å². The molecule has 37 heavy (non-hydrogen) atoms. The first-order valence-electron chi connectivity index (χ1n) is 11.6. The Bertz CT molecular complexity index is 1390. The van der Waals surface area contributed by atoms with Gasteiger partial charge in [-0.3, -0.25) is 4.79 Å². The molecule has 0 aliphatic carbocycles. The number of benzene rings is 2. The number of rotatable bonds is 7. The Morgan fingerprint density at radius 2 is 1.81 bits per heavy atom. The zero-order valence-corrected chi connectivity index (χ0v) is 21.0. The smallest absolute Gasteiger partial charge is 0.303 e. The lowest BCUT2D eigenvalue weighted by Gasteiger charge is -2.30. The number of carbonyl (C=O) groups excluding carboxylic acids is 1. The summed E-state index contributed by atoms with van der Waals surface area (Å²) in [6.45, 7) is 2.44. The van der Waals surface area contributed by atoms with Crippen LogP contribution in [-0.4, -0.2) is 47.0 Å². The first-order valence-corrected chi connectivity index (χ1v) is 11.6. The van der Waals surface area contributed by atoms with Crippen molar-refractivity contribution in [1.82, 2.24) is 9.97 Å². The monoisotopic (exact) mass is 522 g/mol. The van der Waals surface area contributed by atoms with E-state index in [-0.39, 0.29) is 16.9 Å². The third-order valence-corrected chi connectivity index (χ3v) is 6.93. The van der Waals surface area contributed by atoms with Crippen molar-refractivity contribution in [1.29, 1.82) is 0 Å². The number of nitrogens with one attached hydrogen (secondary N) is 1. The predicted octanol–water partition coefficient (Wildman–Crippen LogP) is 5.27. The summed E-state index contributed by atoms with van der Waals surface area (Å²) in [5.41, 5.74) is -4.73. The number of fused-ring (bicyclic) bond motifs is 2. The molecule has 2 aromatic carbocycles. The molecule has 2 N–H and O–H groups in total. The van der Waals surface area contributed by atoms with E-state index in [0.29, 0.717) is 22.4 Å². The Hall–Kier alpha value is -3.34. The number of anilines is 2. The summed E-state index contributed by atoms with van der Waals surface area (Å²) in [4.78, 5) is 22.6. The molecule has 11 heteroatoms. The maximum atomic E-state index is 15.3. The van der Waals surface area contributed by atoms with E-state index in [1.54, 1.807) is 6.92 Å². The Morgan fingerprint density at radius 1 is 1.16 bits per heavy atom. The van der Waals surface area contributed by atoms with E-state index in [2.05, 4.69) is 15.3 Å². The number of aliphatic hydroxyl groups is 1. The molecule has 6 nitrogen and oxygen atoms in total. The maximum Gasteiger partial charge on any atom is 0.303 e. The first kappa shape index (κ1) is 26.7. The van der Waals surface area contributed by atoms with Crippen molar-refractivity contribution in [2.45, 2.75) is 50.7 Å². The lowest BCUT2D eigenvalue weighted by atomic mass is 9.83. The highest BCUT2D eigenvalue weighted by atomic mass is 19.3. The molecule has 1 aliphatic heterocycles. The SMILES string of the molecule is Cc1nc(NC(C)c2cccc(C(F)(F)C(C)(C)O)c2F)c2cc3c(cc2n1)N(C)C(=O)C3(CF)CF. The van der Waals surface area contributed by atoms with Gasteiger partial charge in [0.05, 0.1) is 17.1 Å². The Balaban J connectivity index is 1.82. The van der Waals surface area contributed by atoms with Crippen LogP contribution in [0.5, 0.6) is 0 Å². The third kappa shape index (κ3) is 4.00. The first-order chi connectivity index (χ1) is 17.2. The molecule has 0 saturated heterocycles. The number of aryl methyl sites for hydroxylation is 1. The summed E-state index contributed by atoms with van der Waals surface area (Å²) < 4.78 is 73.0. The number of hydrogen-bond acceptors (Lipinski definition) is 5. The van der Waals surface area contributed by atoms with Gasteiger partial charge in [0.25, 0.3) is 0 Å². The van der Waals surface area contributed by atoms with E-state index in [1.807, 2.05) is 0 Å². The van der Waals surface area contributed by atoms with Crippen molar-refractivity contribution in [2.24, 2.45) is 0 Å². The van der Waals surface area contributed by atoms with Crippen LogP contribution in [0.1, 0.15) is 49.3 Å². The van der Waals surface area contributed by atoms with Crippen molar-refractivity contribution in [3.8, 4) is 0 Å². The molecule has 198 valence electrons. The number of amides is 1. The summed E-state index contributed by atoms with van der Waals surface area (Å²) in [5, 5.41) is 13.2. The lowest BCUT2D eigenvalue weighted by molar-refractivity contribution is -0.170. The second-order valence-electron chi connectivity index (χ2n) is 9.93. The van der Waals surface area contributed by atoms with E-state index < -0.39 is 53.6 Å². The Morgan fingerprint density at radius 3 is 2.41 bits per heavy atom. The minimum atomic E-state index is -3.87. The van der Waals surface area contributed by atoms with Gasteiger partial charge in [-0.2, -0.15) is 8.78 Å². The number of carbonyl (C=O) groups is 1. The number of aromatic nitrogens is 2. The molecule has 1 aliphatic rings. The molecular formula is C26H27F5N4O2. The Labute approximate surface area is 210 Å². The number of hydrogen-bond donors (Lipinski definition) is 2. The molecular weight excluding hydrogens is 495 g/mol. The molecule has 0 radical (unpaired) electrons. The van der Waals surface area contributed by atoms with E-state index in [4.69, 9.17) is 0 Å².